The number of aliphatic hydroxyl groups is 1. The number of carbonyl (C=O) groups is 4. The Kier molecular flexibility index (Phi) is 9.58. The molecule has 10 heteroatoms. The van der Waals surface area contributed by atoms with Crippen LogP contribution in [0.15, 0.2) is 0 Å². The van der Waals surface area contributed by atoms with Crippen molar-refractivity contribution in [1.29, 1.82) is 0 Å². The monoisotopic (exact) mass is 346 g/mol. The van der Waals surface area contributed by atoms with Gasteiger partial charge < -0.3 is 31.9 Å². The number of amides is 3. The standard InChI is InChI=1S/C14H26N4O6/c1-7(2)4-9(14(23)24)17-13(22)10(6-19)18-12(21)8(3)16-11(20)5-15/h7-10,19H,4-6,15H2,1-3H3,(H,16,20)(H,17,22)(H,18,21)(H,23,24). The molecule has 0 bridgehead atoms. The van der Waals surface area contributed by atoms with Crippen molar-refractivity contribution >= 4 is 23.7 Å². The lowest BCUT2D eigenvalue weighted by molar-refractivity contribution is -0.143. The second kappa shape index (κ2) is 10.6. The SMILES string of the molecule is CC(C)CC(NC(=O)C(CO)NC(=O)C(C)NC(=O)CN)C(=O)O. The molecule has 24 heavy (non-hydrogen) atoms. The Hall–Kier alpha value is -2.20. The first-order chi connectivity index (χ1) is 11.1. The first-order valence-electron chi connectivity index (χ1n) is 7.56. The Labute approximate surface area is 140 Å². The van der Waals surface area contributed by atoms with Gasteiger partial charge in [0, 0.05) is 0 Å². The third kappa shape index (κ3) is 7.88. The van der Waals surface area contributed by atoms with Gasteiger partial charge in [0.15, 0.2) is 0 Å². The van der Waals surface area contributed by atoms with E-state index in [2.05, 4.69) is 16.0 Å². The molecule has 0 aromatic carbocycles. The summed E-state index contributed by atoms with van der Waals surface area (Å²) in [5.41, 5.74) is 5.12. The number of hydrogen-bond acceptors (Lipinski definition) is 6. The number of rotatable bonds is 10. The molecule has 0 spiro atoms. The van der Waals surface area contributed by atoms with Crippen LogP contribution in [0.25, 0.3) is 0 Å². The Morgan fingerprint density at radius 1 is 0.958 bits per heavy atom. The van der Waals surface area contributed by atoms with E-state index in [1.165, 1.54) is 6.92 Å². The van der Waals surface area contributed by atoms with Crippen molar-refractivity contribution < 1.29 is 29.4 Å². The lowest BCUT2D eigenvalue weighted by Crippen LogP contribution is -2.56. The van der Waals surface area contributed by atoms with Gasteiger partial charge in [-0.2, -0.15) is 0 Å². The van der Waals surface area contributed by atoms with Crippen LogP contribution in [-0.4, -0.2) is 65.2 Å². The normalized spacial score (nSPS) is 14.4. The second-order valence-electron chi connectivity index (χ2n) is 5.77. The minimum atomic E-state index is -1.33. The fourth-order valence-corrected chi connectivity index (χ4v) is 1.82. The van der Waals surface area contributed by atoms with Gasteiger partial charge in [0.25, 0.3) is 0 Å². The average Bonchev–Trinajstić information content (AvgIpc) is 2.50. The molecule has 0 saturated carbocycles. The smallest absolute Gasteiger partial charge is 0.326 e. The summed E-state index contributed by atoms with van der Waals surface area (Å²) >= 11 is 0. The van der Waals surface area contributed by atoms with E-state index in [0.29, 0.717) is 0 Å². The van der Waals surface area contributed by atoms with Gasteiger partial charge in [-0.25, -0.2) is 4.79 Å². The molecule has 0 aliphatic heterocycles. The topological polar surface area (TPSA) is 171 Å². The summed E-state index contributed by atoms with van der Waals surface area (Å²) < 4.78 is 0. The molecular weight excluding hydrogens is 320 g/mol. The van der Waals surface area contributed by atoms with Crippen molar-refractivity contribution in [2.75, 3.05) is 13.2 Å². The molecule has 3 amide bonds. The van der Waals surface area contributed by atoms with Crippen LogP contribution >= 0.6 is 0 Å². The van der Waals surface area contributed by atoms with Crippen molar-refractivity contribution in [2.24, 2.45) is 11.7 Å². The highest BCUT2D eigenvalue weighted by atomic mass is 16.4. The number of aliphatic hydroxyl groups excluding tert-OH is 1. The van der Waals surface area contributed by atoms with E-state index in [9.17, 15) is 24.3 Å². The van der Waals surface area contributed by atoms with Gasteiger partial charge in [-0.3, -0.25) is 14.4 Å². The van der Waals surface area contributed by atoms with Crippen molar-refractivity contribution in [2.45, 2.75) is 45.3 Å². The number of nitrogens with two attached hydrogens (primary N) is 1. The molecule has 3 atom stereocenters. The maximum atomic E-state index is 12.1. The van der Waals surface area contributed by atoms with E-state index in [-0.39, 0.29) is 18.9 Å². The molecule has 0 rings (SSSR count). The van der Waals surface area contributed by atoms with Crippen LogP contribution in [0.3, 0.4) is 0 Å². The summed E-state index contributed by atoms with van der Waals surface area (Å²) in [4.78, 5) is 46.2. The maximum Gasteiger partial charge on any atom is 0.326 e. The van der Waals surface area contributed by atoms with E-state index in [4.69, 9.17) is 10.8 Å². The molecule has 10 nitrogen and oxygen atoms in total. The minimum absolute atomic E-state index is 0.0278. The van der Waals surface area contributed by atoms with E-state index in [1.807, 2.05) is 0 Å². The van der Waals surface area contributed by atoms with Crippen molar-refractivity contribution in [3.8, 4) is 0 Å². The van der Waals surface area contributed by atoms with E-state index in [0.717, 1.165) is 0 Å². The molecule has 3 unspecified atom stereocenters. The molecule has 0 aliphatic carbocycles. The first-order valence-corrected chi connectivity index (χ1v) is 7.56. The lowest BCUT2D eigenvalue weighted by Gasteiger charge is -2.22. The fraction of sp³-hybridized carbons (Fsp3) is 0.714. The Balaban J connectivity index is 4.76. The maximum absolute atomic E-state index is 12.1. The van der Waals surface area contributed by atoms with Gasteiger partial charge in [-0.1, -0.05) is 13.8 Å². The largest absolute Gasteiger partial charge is 0.480 e. The van der Waals surface area contributed by atoms with Crippen LogP contribution in [0, 0.1) is 5.92 Å². The van der Waals surface area contributed by atoms with Gasteiger partial charge >= 0.3 is 5.97 Å². The van der Waals surface area contributed by atoms with Crippen molar-refractivity contribution in [1.82, 2.24) is 16.0 Å². The molecular formula is C14H26N4O6. The summed E-state index contributed by atoms with van der Waals surface area (Å²) in [6, 6.07) is -3.42. The Morgan fingerprint density at radius 3 is 1.92 bits per heavy atom. The van der Waals surface area contributed by atoms with Crippen LogP contribution < -0.4 is 21.7 Å². The predicted molar refractivity (Wildman–Crippen MR) is 84.7 cm³/mol. The van der Waals surface area contributed by atoms with Gasteiger partial charge in [0.1, 0.15) is 18.1 Å². The van der Waals surface area contributed by atoms with Gasteiger partial charge in [-0.05, 0) is 19.3 Å². The van der Waals surface area contributed by atoms with Crippen LogP contribution in [0.1, 0.15) is 27.2 Å². The highest BCUT2D eigenvalue weighted by Gasteiger charge is 2.28. The Bertz CT molecular complexity index is 468. The molecule has 0 fully saturated rings. The van der Waals surface area contributed by atoms with Gasteiger partial charge in [-0.15, -0.1) is 0 Å². The quantitative estimate of drug-likeness (QED) is 0.255. The molecule has 0 radical (unpaired) electrons. The molecule has 0 aromatic rings. The first kappa shape index (κ1) is 21.8. The molecule has 0 heterocycles. The highest BCUT2D eigenvalue weighted by Crippen LogP contribution is 2.05. The number of nitrogens with one attached hydrogen (secondary N) is 3. The van der Waals surface area contributed by atoms with Gasteiger partial charge in [0.2, 0.25) is 17.7 Å². The predicted octanol–water partition coefficient (Wildman–Crippen LogP) is -2.46. The van der Waals surface area contributed by atoms with Crippen LogP contribution in [-0.2, 0) is 19.2 Å². The third-order valence-corrected chi connectivity index (χ3v) is 3.09. The van der Waals surface area contributed by atoms with Crippen molar-refractivity contribution in [3.63, 3.8) is 0 Å². The lowest BCUT2D eigenvalue weighted by atomic mass is 10.0. The summed E-state index contributed by atoms with van der Waals surface area (Å²) in [6.07, 6.45) is 0.204. The van der Waals surface area contributed by atoms with E-state index < -0.39 is 48.4 Å². The van der Waals surface area contributed by atoms with Crippen LogP contribution in [0.2, 0.25) is 0 Å². The zero-order chi connectivity index (χ0) is 18.9. The van der Waals surface area contributed by atoms with Gasteiger partial charge in [0.05, 0.1) is 13.2 Å². The van der Waals surface area contributed by atoms with Crippen LogP contribution in [0.4, 0.5) is 0 Å². The molecule has 0 aliphatic rings. The van der Waals surface area contributed by atoms with E-state index in [1.54, 1.807) is 13.8 Å². The number of carboxylic acids is 1. The highest BCUT2D eigenvalue weighted by molar-refractivity contribution is 5.93. The van der Waals surface area contributed by atoms with Crippen LogP contribution in [0.5, 0.6) is 0 Å². The third-order valence-electron chi connectivity index (χ3n) is 3.09. The minimum Gasteiger partial charge on any atom is -0.480 e. The number of carboxylic acid groups (broad SMARTS) is 1. The zero-order valence-electron chi connectivity index (χ0n) is 14.0. The number of carbonyl (C=O) groups excluding carboxylic acids is 3. The number of aliphatic carboxylic acids is 1. The van der Waals surface area contributed by atoms with E-state index >= 15 is 0 Å². The second-order valence-corrected chi connectivity index (χ2v) is 5.77. The summed E-state index contributed by atoms with van der Waals surface area (Å²) in [6.45, 7) is 3.97. The zero-order valence-corrected chi connectivity index (χ0v) is 14.0. The number of hydrogen-bond donors (Lipinski definition) is 6. The summed E-state index contributed by atoms with van der Waals surface area (Å²) in [5, 5.41) is 25.2. The molecule has 138 valence electrons. The molecule has 0 aromatic heterocycles. The fourth-order valence-electron chi connectivity index (χ4n) is 1.82. The Morgan fingerprint density at radius 2 is 1.50 bits per heavy atom. The summed E-state index contributed by atoms with van der Waals surface area (Å²) in [7, 11) is 0. The average molecular weight is 346 g/mol. The van der Waals surface area contributed by atoms with Crippen molar-refractivity contribution in [3.05, 3.63) is 0 Å². The molecule has 0 saturated heterocycles. The summed E-state index contributed by atoms with van der Waals surface area (Å²) in [5.74, 6) is -3.26. The molecule has 7 N–H and O–H groups in total.